The number of anilines is 1. The highest BCUT2D eigenvalue weighted by Crippen LogP contribution is 2.28. The van der Waals surface area contributed by atoms with E-state index in [4.69, 9.17) is 10.5 Å². The molecule has 0 aromatic heterocycles. The SMILES string of the molecule is COc1cccc(N)c1C(=O)N1CCCC(C)(O)C1. The molecule has 1 aliphatic rings. The number of benzene rings is 1. The van der Waals surface area contributed by atoms with Crippen LogP contribution in [-0.2, 0) is 0 Å². The number of carbonyl (C=O) groups is 1. The van der Waals surface area contributed by atoms with Gasteiger partial charge in [-0.2, -0.15) is 0 Å². The van der Waals surface area contributed by atoms with Gasteiger partial charge in [-0.3, -0.25) is 4.79 Å². The Kier molecular flexibility index (Phi) is 3.66. The number of hydrogen-bond donors (Lipinski definition) is 2. The van der Waals surface area contributed by atoms with Gasteiger partial charge in [-0.25, -0.2) is 0 Å². The maximum Gasteiger partial charge on any atom is 0.259 e. The molecule has 2 rings (SSSR count). The molecule has 0 bridgehead atoms. The van der Waals surface area contributed by atoms with Crippen LogP contribution >= 0.6 is 0 Å². The molecule has 1 unspecified atom stereocenters. The molecule has 19 heavy (non-hydrogen) atoms. The standard InChI is InChI=1S/C14H20N2O3/c1-14(18)7-4-8-16(9-14)13(17)12-10(15)5-3-6-11(12)19-2/h3,5-6,18H,4,7-9,15H2,1-2H3. The zero-order valence-corrected chi connectivity index (χ0v) is 11.3. The molecular formula is C14H20N2O3. The summed E-state index contributed by atoms with van der Waals surface area (Å²) >= 11 is 0. The molecule has 0 spiro atoms. The number of piperidine rings is 1. The largest absolute Gasteiger partial charge is 0.496 e. The summed E-state index contributed by atoms with van der Waals surface area (Å²) in [6.07, 6.45) is 1.49. The van der Waals surface area contributed by atoms with Gasteiger partial charge in [0.1, 0.15) is 11.3 Å². The zero-order chi connectivity index (χ0) is 14.0. The Morgan fingerprint density at radius 3 is 2.89 bits per heavy atom. The van der Waals surface area contributed by atoms with Crippen molar-refractivity contribution in [2.75, 3.05) is 25.9 Å². The highest BCUT2D eigenvalue weighted by atomic mass is 16.5. The summed E-state index contributed by atoms with van der Waals surface area (Å²) in [6, 6.07) is 5.14. The van der Waals surface area contributed by atoms with Gasteiger partial charge in [0.2, 0.25) is 0 Å². The first-order valence-corrected chi connectivity index (χ1v) is 6.39. The van der Waals surface area contributed by atoms with Crippen molar-refractivity contribution in [3.05, 3.63) is 23.8 Å². The zero-order valence-electron chi connectivity index (χ0n) is 11.3. The minimum Gasteiger partial charge on any atom is -0.496 e. The number of aliphatic hydroxyl groups is 1. The van der Waals surface area contributed by atoms with Gasteiger partial charge < -0.3 is 20.5 Å². The Labute approximate surface area is 113 Å². The monoisotopic (exact) mass is 264 g/mol. The lowest BCUT2D eigenvalue weighted by Crippen LogP contribution is -2.48. The number of nitrogen functional groups attached to an aromatic ring is 1. The van der Waals surface area contributed by atoms with Crippen LogP contribution in [0.15, 0.2) is 18.2 Å². The third kappa shape index (κ3) is 2.81. The quantitative estimate of drug-likeness (QED) is 0.789. The molecule has 3 N–H and O–H groups in total. The number of amides is 1. The number of rotatable bonds is 2. The summed E-state index contributed by atoms with van der Waals surface area (Å²) in [4.78, 5) is 14.2. The Balaban J connectivity index is 2.29. The summed E-state index contributed by atoms with van der Waals surface area (Å²) in [5.41, 5.74) is 5.83. The summed E-state index contributed by atoms with van der Waals surface area (Å²) in [7, 11) is 1.51. The number of methoxy groups -OCH3 is 1. The molecule has 1 aromatic rings. The summed E-state index contributed by atoms with van der Waals surface area (Å²) < 4.78 is 5.20. The van der Waals surface area contributed by atoms with E-state index in [2.05, 4.69) is 0 Å². The lowest BCUT2D eigenvalue weighted by molar-refractivity contribution is -0.0108. The highest BCUT2D eigenvalue weighted by Gasteiger charge is 2.32. The van der Waals surface area contributed by atoms with Crippen LogP contribution in [0.5, 0.6) is 5.75 Å². The Morgan fingerprint density at radius 1 is 1.53 bits per heavy atom. The normalized spacial score (nSPS) is 23.2. The third-order valence-corrected chi connectivity index (χ3v) is 3.45. The van der Waals surface area contributed by atoms with E-state index in [9.17, 15) is 9.90 Å². The number of β-amino-alcohol motifs (C(OH)–C–C–N with tert-alkyl or cyclic N) is 1. The molecule has 1 aliphatic heterocycles. The van der Waals surface area contributed by atoms with Crippen LogP contribution in [-0.4, -0.2) is 41.7 Å². The average molecular weight is 264 g/mol. The molecule has 1 heterocycles. The van der Waals surface area contributed by atoms with Crippen molar-refractivity contribution in [3.8, 4) is 5.75 Å². The van der Waals surface area contributed by atoms with Crippen LogP contribution in [0.3, 0.4) is 0 Å². The molecule has 1 aromatic carbocycles. The molecule has 1 saturated heterocycles. The van der Waals surface area contributed by atoms with Crippen molar-refractivity contribution in [2.45, 2.75) is 25.4 Å². The second-order valence-corrected chi connectivity index (χ2v) is 5.25. The number of hydrogen-bond acceptors (Lipinski definition) is 4. The maximum atomic E-state index is 12.5. The van der Waals surface area contributed by atoms with Crippen molar-refractivity contribution in [1.29, 1.82) is 0 Å². The maximum absolute atomic E-state index is 12.5. The first-order valence-electron chi connectivity index (χ1n) is 6.39. The molecule has 1 amide bonds. The topological polar surface area (TPSA) is 75.8 Å². The van der Waals surface area contributed by atoms with E-state index < -0.39 is 5.60 Å². The summed E-state index contributed by atoms with van der Waals surface area (Å²) in [5, 5.41) is 10.1. The first-order chi connectivity index (χ1) is 8.94. The van der Waals surface area contributed by atoms with Crippen molar-refractivity contribution < 1.29 is 14.6 Å². The number of ether oxygens (including phenoxy) is 1. The second kappa shape index (κ2) is 5.09. The van der Waals surface area contributed by atoms with Gasteiger partial charge in [-0.05, 0) is 31.9 Å². The summed E-state index contributed by atoms with van der Waals surface area (Å²) in [5.74, 6) is 0.283. The van der Waals surface area contributed by atoms with Crippen LogP contribution in [0.1, 0.15) is 30.1 Å². The number of nitrogens with two attached hydrogens (primary N) is 1. The van der Waals surface area contributed by atoms with Crippen LogP contribution < -0.4 is 10.5 Å². The van der Waals surface area contributed by atoms with E-state index in [1.54, 1.807) is 30.0 Å². The smallest absolute Gasteiger partial charge is 0.259 e. The lowest BCUT2D eigenvalue weighted by Gasteiger charge is -2.37. The third-order valence-electron chi connectivity index (χ3n) is 3.45. The van der Waals surface area contributed by atoms with Crippen molar-refractivity contribution in [3.63, 3.8) is 0 Å². The van der Waals surface area contributed by atoms with Crippen LogP contribution in [0.4, 0.5) is 5.69 Å². The Morgan fingerprint density at radius 2 is 2.26 bits per heavy atom. The predicted molar refractivity (Wildman–Crippen MR) is 73.2 cm³/mol. The minimum absolute atomic E-state index is 0.185. The molecule has 5 heteroatoms. The highest BCUT2D eigenvalue weighted by molar-refractivity contribution is 6.02. The predicted octanol–water partition coefficient (Wildman–Crippen LogP) is 1.26. The van der Waals surface area contributed by atoms with E-state index in [1.165, 1.54) is 7.11 Å². The molecule has 0 aliphatic carbocycles. The van der Waals surface area contributed by atoms with Gasteiger partial charge in [0.15, 0.2) is 0 Å². The van der Waals surface area contributed by atoms with E-state index in [1.807, 2.05) is 0 Å². The fraction of sp³-hybridized carbons (Fsp3) is 0.500. The Bertz CT molecular complexity index is 486. The molecule has 0 radical (unpaired) electrons. The molecule has 104 valence electrons. The minimum atomic E-state index is -0.829. The van der Waals surface area contributed by atoms with Crippen molar-refractivity contribution >= 4 is 11.6 Å². The number of likely N-dealkylation sites (tertiary alicyclic amines) is 1. The first kappa shape index (κ1) is 13.7. The second-order valence-electron chi connectivity index (χ2n) is 5.25. The molecule has 1 fully saturated rings. The van der Waals surface area contributed by atoms with E-state index in [-0.39, 0.29) is 5.91 Å². The van der Waals surface area contributed by atoms with Gasteiger partial charge >= 0.3 is 0 Å². The number of carbonyl (C=O) groups excluding carboxylic acids is 1. The van der Waals surface area contributed by atoms with Gasteiger partial charge in [0, 0.05) is 18.8 Å². The van der Waals surface area contributed by atoms with Crippen LogP contribution in [0.2, 0.25) is 0 Å². The lowest BCUT2D eigenvalue weighted by atomic mass is 9.94. The van der Waals surface area contributed by atoms with E-state index in [0.717, 1.165) is 6.42 Å². The van der Waals surface area contributed by atoms with Crippen LogP contribution in [0.25, 0.3) is 0 Å². The molecular weight excluding hydrogens is 244 g/mol. The van der Waals surface area contributed by atoms with E-state index >= 15 is 0 Å². The van der Waals surface area contributed by atoms with Gasteiger partial charge in [0.05, 0.1) is 12.7 Å². The molecule has 0 saturated carbocycles. The van der Waals surface area contributed by atoms with Gasteiger partial charge in [0.25, 0.3) is 5.91 Å². The summed E-state index contributed by atoms with van der Waals surface area (Å²) in [6.45, 7) is 2.70. The molecule has 5 nitrogen and oxygen atoms in total. The van der Waals surface area contributed by atoms with E-state index in [0.29, 0.717) is 36.5 Å². The van der Waals surface area contributed by atoms with Crippen LogP contribution in [0, 0.1) is 0 Å². The van der Waals surface area contributed by atoms with Gasteiger partial charge in [-0.1, -0.05) is 6.07 Å². The van der Waals surface area contributed by atoms with Crippen molar-refractivity contribution in [1.82, 2.24) is 4.90 Å². The fourth-order valence-electron chi connectivity index (χ4n) is 2.50. The van der Waals surface area contributed by atoms with Crippen molar-refractivity contribution in [2.24, 2.45) is 0 Å². The molecule has 1 atom stereocenters. The fourth-order valence-corrected chi connectivity index (χ4v) is 2.50. The van der Waals surface area contributed by atoms with Gasteiger partial charge in [-0.15, -0.1) is 0 Å². The Hall–Kier alpha value is -1.75. The average Bonchev–Trinajstić information content (AvgIpc) is 2.36. The number of nitrogens with zero attached hydrogens (tertiary/aromatic N) is 1.